The van der Waals surface area contributed by atoms with Crippen molar-refractivity contribution < 1.29 is 33.7 Å². The molecule has 0 aliphatic heterocycles. The van der Waals surface area contributed by atoms with Gasteiger partial charge >= 0.3 is 5.97 Å². The Morgan fingerprint density at radius 3 is 2.16 bits per heavy atom. The number of hydrogen-bond donors (Lipinski definition) is 1. The summed E-state index contributed by atoms with van der Waals surface area (Å²) in [5, 5.41) is 10.2. The van der Waals surface area contributed by atoms with Gasteiger partial charge in [0.05, 0.1) is 19.8 Å². The molecule has 0 amide bonds. The Labute approximate surface area is 184 Å². The first-order valence-corrected chi connectivity index (χ1v) is 9.72. The largest absolute Gasteiger partial charge is 0.493 e. The van der Waals surface area contributed by atoms with Crippen LogP contribution in [0.3, 0.4) is 0 Å². The molecule has 3 aromatic rings. The summed E-state index contributed by atoms with van der Waals surface area (Å²) in [6.07, 6.45) is 1.14. The minimum absolute atomic E-state index is 0.0499. The third kappa shape index (κ3) is 4.25. The third-order valence-electron chi connectivity index (χ3n) is 5.15. The van der Waals surface area contributed by atoms with Crippen molar-refractivity contribution >= 4 is 28.3 Å². The number of carbonyl (C=O) groups is 3. The van der Waals surface area contributed by atoms with Crippen molar-refractivity contribution in [1.82, 2.24) is 4.98 Å². The fraction of sp³-hybridized carbons (Fsp3) is 0.250. The highest BCUT2D eigenvalue weighted by Crippen LogP contribution is 2.35. The van der Waals surface area contributed by atoms with Crippen molar-refractivity contribution in [2.75, 3.05) is 14.2 Å². The topological polar surface area (TPSA) is 112 Å². The second kappa shape index (κ2) is 8.66. The molecule has 0 atom stereocenters. The van der Waals surface area contributed by atoms with Crippen molar-refractivity contribution in [1.29, 1.82) is 0 Å². The van der Waals surface area contributed by atoms with Crippen LogP contribution in [-0.4, -0.2) is 47.4 Å². The molecule has 8 nitrogen and oxygen atoms in total. The lowest BCUT2D eigenvalue weighted by Gasteiger charge is -2.23. The summed E-state index contributed by atoms with van der Waals surface area (Å²) in [6, 6.07) is 9.43. The molecule has 1 N–H and O–H groups in total. The summed E-state index contributed by atoms with van der Waals surface area (Å²) in [5.41, 5.74) is -0.806. The van der Waals surface area contributed by atoms with Gasteiger partial charge in [0.25, 0.3) is 0 Å². The van der Waals surface area contributed by atoms with E-state index in [-0.39, 0.29) is 22.6 Å². The van der Waals surface area contributed by atoms with Gasteiger partial charge in [-0.25, -0.2) is 4.79 Å². The summed E-state index contributed by atoms with van der Waals surface area (Å²) >= 11 is 0. The van der Waals surface area contributed by atoms with Gasteiger partial charge in [-0.15, -0.1) is 0 Å². The Balaban J connectivity index is 2.15. The molecule has 0 saturated heterocycles. The molecular formula is C24H23NO7. The lowest BCUT2D eigenvalue weighted by molar-refractivity contribution is -0.129. The van der Waals surface area contributed by atoms with Crippen LogP contribution in [0.2, 0.25) is 0 Å². The molecule has 0 bridgehead atoms. The number of hydrogen-bond acceptors (Lipinski definition) is 7. The van der Waals surface area contributed by atoms with Crippen LogP contribution < -0.4 is 14.2 Å². The van der Waals surface area contributed by atoms with E-state index >= 15 is 0 Å². The number of ether oxygens (including phenoxy) is 3. The number of ketones is 2. The van der Waals surface area contributed by atoms with E-state index in [0.717, 1.165) is 6.20 Å². The van der Waals surface area contributed by atoms with Gasteiger partial charge in [0.2, 0.25) is 5.78 Å². The van der Waals surface area contributed by atoms with Crippen LogP contribution in [0.25, 0.3) is 10.8 Å². The summed E-state index contributed by atoms with van der Waals surface area (Å²) in [4.78, 5) is 41.0. The highest BCUT2D eigenvalue weighted by Gasteiger charge is 2.26. The Bertz CT molecular complexity index is 1230. The van der Waals surface area contributed by atoms with Crippen molar-refractivity contribution in [3.63, 3.8) is 0 Å². The van der Waals surface area contributed by atoms with Crippen LogP contribution in [0.5, 0.6) is 17.2 Å². The van der Waals surface area contributed by atoms with Gasteiger partial charge in [-0.2, -0.15) is 0 Å². The molecule has 0 aliphatic carbocycles. The van der Waals surface area contributed by atoms with Crippen LogP contribution in [0.1, 0.15) is 47.2 Å². The molecule has 8 heteroatoms. The number of aromatic nitrogens is 1. The number of aromatic carboxylic acids is 1. The number of nitrogens with zero attached hydrogens (tertiary/aromatic N) is 1. The number of Topliss-reactive ketones (excluding diaryl/α,β-unsaturated/α-hetero) is 1. The van der Waals surface area contributed by atoms with Gasteiger partial charge < -0.3 is 19.3 Å². The van der Waals surface area contributed by atoms with E-state index in [1.165, 1.54) is 39.3 Å². The fourth-order valence-corrected chi connectivity index (χ4v) is 3.12. The lowest BCUT2D eigenvalue weighted by atomic mass is 9.98. The number of pyridine rings is 1. The van der Waals surface area contributed by atoms with E-state index in [1.54, 1.807) is 32.0 Å². The van der Waals surface area contributed by atoms with Gasteiger partial charge in [-0.05, 0) is 45.0 Å². The molecule has 3 rings (SSSR count). The summed E-state index contributed by atoms with van der Waals surface area (Å²) in [5.74, 6) is -0.776. The molecule has 0 radical (unpaired) electrons. The van der Waals surface area contributed by atoms with E-state index < -0.39 is 17.4 Å². The van der Waals surface area contributed by atoms with Gasteiger partial charge in [-0.1, -0.05) is 12.1 Å². The molecule has 0 spiro atoms. The van der Waals surface area contributed by atoms with E-state index in [1.807, 2.05) is 0 Å². The van der Waals surface area contributed by atoms with Crippen LogP contribution in [-0.2, 0) is 4.79 Å². The minimum atomic E-state index is -1.18. The molecule has 1 heterocycles. The van der Waals surface area contributed by atoms with Gasteiger partial charge in [0, 0.05) is 22.5 Å². The van der Waals surface area contributed by atoms with Crippen LogP contribution >= 0.6 is 0 Å². The first-order chi connectivity index (χ1) is 15.1. The fourth-order valence-electron chi connectivity index (χ4n) is 3.12. The minimum Gasteiger partial charge on any atom is -0.493 e. The second-order valence-electron chi connectivity index (χ2n) is 7.60. The quantitative estimate of drug-likeness (QED) is 0.528. The number of carboxylic acids is 1. The second-order valence-corrected chi connectivity index (χ2v) is 7.60. The molecule has 1 aromatic heterocycles. The zero-order valence-corrected chi connectivity index (χ0v) is 18.4. The number of benzene rings is 2. The van der Waals surface area contributed by atoms with Gasteiger partial charge in [0.1, 0.15) is 11.4 Å². The average molecular weight is 437 g/mol. The van der Waals surface area contributed by atoms with E-state index in [0.29, 0.717) is 28.0 Å². The van der Waals surface area contributed by atoms with E-state index in [9.17, 15) is 19.5 Å². The number of carbonyl (C=O) groups excluding carboxylic acids is 2. The normalized spacial score (nSPS) is 11.2. The molecule has 0 aliphatic rings. The van der Waals surface area contributed by atoms with Crippen molar-refractivity contribution in [2.24, 2.45) is 0 Å². The van der Waals surface area contributed by atoms with E-state index in [2.05, 4.69) is 4.98 Å². The molecule has 0 unspecified atom stereocenters. The maximum Gasteiger partial charge on any atom is 0.337 e. The van der Waals surface area contributed by atoms with Crippen molar-refractivity contribution in [3.05, 3.63) is 59.4 Å². The average Bonchev–Trinajstić information content (AvgIpc) is 2.76. The summed E-state index contributed by atoms with van der Waals surface area (Å²) in [7, 11) is 2.88. The predicted molar refractivity (Wildman–Crippen MR) is 117 cm³/mol. The third-order valence-corrected chi connectivity index (χ3v) is 5.15. The van der Waals surface area contributed by atoms with Gasteiger partial charge in [0.15, 0.2) is 22.9 Å². The van der Waals surface area contributed by atoms with Gasteiger partial charge in [-0.3, -0.25) is 14.6 Å². The number of rotatable bonds is 8. The number of fused-ring (bicyclic) bond motifs is 1. The van der Waals surface area contributed by atoms with Crippen LogP contribution in [0.15, 0.2) is 42.6 Å². The Hall–Kier alpha value is -3.94. The van der Waals surface area contributed by atoms with Crippen LogP contribution in [0.4, 0.5) is 0 Å². The smallest absolute Gasteiger partial charge is 0.337 e. The maximum atomic E-state index is 13.3. The Morgan fingerprint density at radius 2 is 1.59 bits per heavy atom. The SMILES string of the molecule is COc1cc2c(C(=O)O)cnc(C(=O)c3cccc(OC(C)(C)C(C)=O)c3)c2cc1OC. The van der Waals surface area contributed by atoms with Crippen molar-refractivity contribution in [3.8, 4) is 17.2 Å². The Morgan fingerprint density at radius 1 is 0.969 bits per heavy atom. The highest BCUT2D eigenvalue weighted by atomic mass is 16.5. The maximum absolute atomic E-state index is 13.3. The number of carboxylic acid groups (broad SMARTS) is 1. The zero-order chi connectivity index (χ0) is 23.6. The first kappa shape index (κ1) is 22.7. The zero-order valence-electron chi connectivity index (χ0n) is 18.4. The predicted octanol–water partition coefficient (Wildman–Crippen LogP) is 3.93. The highest BCUT2D eigenvalue weighted by molar-refractivity contribution is 6.18. The van der Waals surface area contributed by atoms with E-state index in [4.69, 9.17) is 14.2 Å². The molecule has 0 saturated carbocycles. The first-order valence-electron chi connectivity index (χ1n) is 9.72. The molecule has 2 aromatic carbocycles. The van der Waals surface area contributed by atoms with Crippen LogP contribution in [0, 0.1) is 0 Å². The Kier molecular flexibility index (Phi) is 6.16. The summed E-state index contributed by atoms with van der Waals surface area (Å²) < 4.78 is 16.4. The lowest BCUT2D eigenvalue weighted by Crippen LogP contribution is -2.36. The number of methoxy groups -OCH3 is 2. The summed E-state index contributed by atoms with van der Waals surface area (Å²) in [6.45, 7) is 4.71. The molecule has 32 heavy (non-hydrogen) atoms. The molecular weight excluding hydrogens is 414 g/mol. The standard InChI is InChI=1S/C24H23NO7/c1-13(26)24(2,3)32-15-8-6-7-14(9-15)22(27)21-17-11-20(31-5)19(30-4)10-16(17)18(12-25-21)23(28)29/h6-12H,1-5H3,(H,28,29). The molecule has 0 fully saturated rings. The van der Waals surface area contributed by atoms with Crippen molar-refractivity contribution in [2.45, 2.75) is 26.4 Å². The molecule has 166 valence electrons. The monoisotopic (exact) mass is 437 g/mol.